The second-order valence-electron chi connectivity index (χ2n) is 4.21. The highest BCUT2D eigenvalue weighted by molar-refractivity contribution is 7.97. The van der Waals surface area contributed by atoms with Crippen LogP contribution in [-0.2, 0) is 9.53 Å². The number of methoxy groups -OCH3 is 1. The molecule has 116 valence electrons. The summed E-state index contributed by atoms with van der Waals surface area (Å²) in [5.74, 6) is -0.415. The van der Waals surface area contributed by atoms with Gasteiger partial charge in [-0.05, 0) is 30.9 Å². The van der Waals surface area contributed by atoms with Crippen LogP contribution >= 0.6 is 11.9 Å². The SMILES string of the molecule is COC(=O)C(N)CCCCNSc1ncccc1[N+](=O)[O-]. The van der Waals surface area contributed by atoms with Crippen molar-refractivity contribution in [2.45, 2.75) is 30.3 Å². The summed E-state index contributed by atoms with van der Waals surface area (Å²) in [5.41, 5.74) is 5.58. The molecule has 3 N–H and O–H groups in total. The third kappa shape index (κ3) is 6.06. The monoisotopic (exact) mass is 314 g/mol. The number of nitrogens with two attached hydrogens (primary N) is 1. The Kier molecular flexibility index (Phi) is 7.65. The summed E-state index contributed by atoms with van der Waals surface area (Å²) >= 11 is 1.12. The topological polar surface area (TPSA) is 120 Å². The standard InChI is InChI=1S/C12H18N4O4S/c1-20-12(17)9(13)5-2-3-8-15-21-11-10(16(18)19)6-4-7-14-11/h4,6-7,9,15H,2-3,5,8,13H2,1H3. The van der Waals surface area contributed by atoms with Gasteiger partial charge in [0, 0.05) is 18.8 Å². The fourth-order valence-electron chi connectivity index (χ4n) is 1.55. The van der Waals surface area contributed by atoms with E-state index in [1.165, 1.54) is 25.4 Å². The molecule has 0 saturated carbocycles. The molecular weight excluding hydrogens is 296 g/mol. The number of ether oxygens (including phenoxy) is 1. The second kappa shape index (κ2) is 9.27. The minimum absolute atomic E-state index is 0.0253. The third-order valence-corrected chi connectivity index (χ3v) is 3.52. The van der Waals surface area contributed by atoms with Crippen LogP contribution in [0.4, 0.5) is 5.69 Å². The zero-order valence-corrected chi connectivity index (χ0v) is 12.5. The van der Waals surface area contributed by atoms with Gasteiger partial charge in [0.25, 0.3) is 0 Å². The van der Waals surface area contributed by atoms with Crippen molar-refractivity contribution >= 4 is 23.6 Å². The molecule has 0 spiro atoms. The Bertz CT molecular complexity index is 486. The van der Waals surface area contributed by atoms with Crippen LogP contribution in [0.1, 0.15) is 19.3 Å². The number of unbranched alkanes of at least 4 members (excludes halogenated alkanes) is 1. The molecule has 0 saturated heterocycles. The number of nitrogens with zero attached hydrogens (tertiary/aromatic N) is 2. The van der Waals surface area contributed by atoms with Gasteiger partial charge in [-0.25, -0.2) is 4.98 Å². The molecule has 1 aromatic heterocycles. The lowest BCUT2D eigenvalue weighted by atomic mass is 10.1. The van der Waals surface area contributed by atoms with E-state index in [1.54, 1.807) is 0 Å². The zero-order valence-electron chi connectivity index (χ0n) is 11.7. The van der Waals surface area contributed by atoms with E-state index in [0.29, 0.717) is 18.0 Å². The fraction of sp³-hybridized carbons (Fsp3) is 0.500. The number of hydrogen-bond donors (Lipinski definition) is 2. The van der Waals surface area contributed by atoms with Gasteiger partial charge < -0.3 is 10.5 Å². The average Bonchev–Trinajstić information content (AvgIpc) is 2.49. The normalized spacial score (nSPS) is 11.9. The number of rotatable bonds is 9. The van der Waals surface area contributed by atoms with Crippen molar-refractivity contribution in [1.29, 1.82) is 0 Å². The van der Waals surface area contributed by atoms with Gasteiger partial charge in [-0.1, -0.05) is 6.42 Å². The van der Waals surface area contributed by atoms with Crippen LogP contribution in [0.5, 0.6) is 0 Å². The quantitative estimate of drug-likeness (QED) is 0.230. The Balaban J connectivity index is 2.23. The summed E-state index contributed by atoms with van der Waals surface area (Å²) < 4.78 is 7.53. The van der Waals surface area contributed by atoms with E-state index in [-0.39, 0.29) is 5.69 Å². The van der Waals surface area contributed by atoms with Gasteiger partial charge in [-0.2, -0.15) is 0 Å². The first-order valence-electron chi connectivity index (χ1n) is 6.38. The van der Waals surface area contributed by atoms with E-state index in [9.17, 15) is 14.9 Å². The maximum atomic E-state index is 11.1. The van der Waals surface area contributed by atoms with Crippen LogP contribution in [0, 0.1) is 10.1 Å². The summed E-state index contributed by atoms with van der Waals surface area (Å²) in [5, 5.41) is 11.1. The molecule has 0 aliphatic heterocycles. The molecule has 1 atom stereocenters. The number of hydrogen-bond acceptors (Lipinski definition) is 8. The molecule has 1 heterocycles. The molecule has 1 rings (SSSR count). The molecule has 0 radical (unpaired) electrons. The van der Waals surface area contributed by atoms with Crippen molar-refractivity contribution in [3.8, 4) is 0 Å². The number of esters is 1. The largest absolute Gasteiger partial charge is 0.468 e. The number of carbonyl (C=O) groups is 1. The summed E-state index contributed by atoms with van der Waals surface area (Å²) in [6.45, 7) is 0.631. The van der Waals surface area contributed by atoms with Crippen LogP contribution in [0.2, 0.25) is 0 Å². The lowest BCUT2D eigenvalue weighted by molar-refractivity contribution is -0.388. The average molecular weight is 314 g/mol. The number of aromatic nitrogens is 1. The van der Waals surface area contributed by atoms with Crippen LogP contribution in [-0.4, -0.2) is 35.6 Å². The smallest absolute Gasteiger partial charge is 0.322 e. The molecule has 9 heteroatoms. The molecule has 8 nitrogen and oxygen atoms in total. The first kappa shape index (κ1) is 17.3. The molecule has 1 aromatic rings. The van der Waals surface area contributed by atoms with Gasteiger partial charge >= 0.3 is 11.7 Å². The van der Waals surface area contributed by atoms with E-state index in [1.807, 2.05) is 0 Å². The Morgan fingerprint density at radius 2 is 2.38 bits per heavy atom. The Labute approximate surface area is 126 Å². The van der Waals surface area contributed by atoms with Gasteiger partial charge in [0.05, 0.1) is 12.0 Å². The highest BCUT2D eigenvalue weighted by Gasteiger charge is 2.15. The second-order valence-corrected chi connectivity index (χ2v) is 5.09. The first-order valence-corrected chi connectivity index (χ1v) is 7.20. The fourth-order valence-corrected chi connectivity index (χ4v) is 2.29. The van der Waals surface area contributed by atoms with Gasteiger partial charge in [0.2, 0.25) is 0 Å². The zero-order chi connectivity index (χ0) is 15.7. The van der Waals surface area contributed by atoms with E-state index in [2.05, 4.69) is 14.4 Å². The number of nitro groups is 1. The number of carbonyl (C=O) groups excluding carboxylic acids is 1. The Hall–Kier alpha value is -1.71. The predicted molar refractivity (Wildman–Crippen MR) is 78.6 cm³/mol. The van der Waals surface area contributed by atoms with Gasteiger partial charge in [0.15, 0.2) is 5.03 Å². The van der Waals surface area contributed by atoms with Crippen molar-refractivity contribution in [3.63, 3.8) is 0 Å². The number of pyridine rings is 1. The van der Waals surface area contributed by atoms with Gasteiger partial charge in [-0.3, -0.25) is 19.6 Å². The van der Waals surface area contributed by atoms with Crippen LogP contribution < -0.4 is 10.5 Å². The molecular formula is C12H18N4O4S. The molecule has 0 fully saturated rings. The minimum atomic E-state index is -0.598. The highest BCUT2D eigenvalue weighted by atomic mass is 32.2. The molecule has 0 aromatic carbocycles. The lowest BCUT2D eigenvalue weighted by Crippen LogP contribution is -2.31. The van der Waals surface area contributed by atoms with Crippen molar-refractivity contribution in [3.05, 3.63) is 28.4 Å². The third-order valence-electron chi connectivity index (χ3n) is 2.66. The molecule has 0 amide bonds. The van der Waals surface area contributed by atoms with Crippen LogP contribution in [0.3, 0.4) is 0 Å². The maximum Gasteiger partial charge on any atom is 0.322 e. The Morgan fingerprint density at radius 3 is 3.05 bits per heavy atom. The van der Waals surface area contributed by atoms with Gasteiger partial charge in [-0.15, -0.1) is 0 Å². The summed E-state index contributed by atoms with van der Waals surface area (Å²) in [4.78, 5) is 25.4. The maximum absolute atomic E-state index is 11.1. The minimum Gasteiger partial charge on any atom is -0.468 e. The summed E-state index contributed by atoms with van der Waals surface area (Å²) in [6.07, 6.45) is 3.60. The summed E-state index contributed by atoms with van der Waals surface area (Å²) in [6, 6.07) is 2.34. The predicted octanol–water partition coefficient (Wildman–Crippen LogP) is 1.26. The first-order chi connectivity index (χ1) is 10.1. The van der Waals surface area contributed by atoms with E-state index in [4.69, 9.17) is 5.73 Å². The number of nitrogens with one attached hydrogen (secondary N) is 1. The van der Waals surface area contributed by atoms with Crippen molar-refractivity contribution in [1.82, 2.24) is 9.71 Å². The molecule has 1 unspecified atom stereocenters. The van der Waals surface area contributed by atoms with Crippen LogP contribution in [0.25, 0.3) is 0 Å². The van der Waals surface area contributed by atoms with E-state index < -0.39 is 16.9 Å². The highest BCUT2D eigenvalue weighted by Crippen LogP contribution is 2.23. The molecule has 21 heavy (non-hydrogen) atoms. The Morgan fingerprint density at radius 1 is 1.62 bits per heavy atom. The van der Waals surface area contributed by atoms with Crippen molar-refractivity contribution < 1.29 is 14.5 Å². The van der Waals surface area contributed by atoms with E-state index >= 15 is 0 Å². The lowest BCUT2D eigenvalue weighted by Gasteiger charge is -2.08. The van der Waals surface area contributed by atoms with Crippen molar-refractivity contribution in [2.75, 3.05) is 13.7 Å². The van der Waals surface area contributed by atoms with Crippen LogP contribution in [0.15, 0.2) is 23.4 Å². The molecule has 0 aliphatic rings. The molecule has 0 bridgehead atoms. The van der Waals surface area contributed by atoms with Crippen molar-refractivity contribution in [2.24, 2.45) is 5.73 Å². The van der Waals surface area contributed by atoms with E-state index in [0.717, 1.165) is 24.8 Å². The molecule has 0 aliphatic carbocycles. The van der Waals surface area contributed by atoms with Gasteiger partial charge in [0.1, 0.15) is 6.04 Å². The summed E-state index contributed by atoms with van der Waals surface area (Å²) in [7, 11) is 1.31.